The van der Waals surface area contributed by atoms with Crippen molar-refractivity contribution in [1.29, 1.82) is 0 Å². The summed E-state index contributed by atoms with van der Waals surface area (Å²) in [6, 6.07) is 0. The van der Waals surface area contributed by atoms with Crippen LogP contribution in [0.4, 0.5) is 0 Å². The van der Waals surface area contributed by atoms with Crippen LogP contribution in [0.2, 0.25) is 0 Å². The third kappa shape index (κ3) is 63.8. The normalized spacial score (nSPS) is 9.29. The van der Waals surface area contributed by atoms with Crippen LogP contribution in [0.1, 0.15) is 196 Å². The zero-order valence-electron chi connectivity index (χ0n) is 32.1. The first-order chi connectivity index (χ1) is 21.9. The maximum atomic E-state index is 11.2. The van der Waals surface area contributed by atoms with Gasteiger partial charge in [0.15, 0.2) is 0 Å². The summed E-state index contributed by atoms with van der Waals surface area (Å²) in [7, 11) is 0. The number of unbranched alkanes of at least 4 members (excludes halogenated alkanes) is 16. The molecule has 48 heavy (non-hydrogen) atoms. The molecule has 0 spiro atoms. The quantitative estimate of drug-likeness (QED) is 0.0614. The van der Waals surface area contributed by atoms with E-state index in [0.29, 0.717) is 12.8 Å². The standard InChI is InChI=1S/2C15H28O3.2C3H6O2.2Na/c2*1-3-5-6-7-8-9-10-11-12-13-15(17)18-14(16)4-2;2*1-2-3(4)5;;/h2*3-13H2,1-2H3;2*2H2,1H3,(H,4,5);;/q;;;;2*+1/p-2. The molecule has 0 aromatic carbocycles. The molecule has 0 aromatic rings. The zero-order valence-corrected chi connectivity index (χ0v) is 36.1. The van der Waals surface area contributed by atoms with E-state index in [0.717, 1.165) is 25.7 Å². The van der Waals surface area contributed by atoms with Gasteiger partial charge in [0.2, 0.25) is 0 Å². The molecule has 0 bridgehead atoms. The van der Waals surface area contributed by atoms with E-state index in [1.807, 2.05) is 0 Å². The van der Waals surface area contributed by atoms with Gasteiger partial charge >= 0.3 is 83.0 Å². The molecular weight excluding hydrogens is 638 g/mol. The van der Waals surface area contributed by atoms with Crippen LogP contribution in [0.5, 0.6) is 0 Å². The number of hydrogen-bond acceptors (Lipinski definition) is 10. The number of aliphatic carboxylic acids is 2. The summed E-state index contributed by atoms with van der Waals surface area (Å²) >= 11 is 0. The first-order valence-electron chi connectivity index (χ1n) is 17.8. The summed E-state index contributed by atoms with van der Waals surface area (Å²) in [4.78, 5) is 62.5. The van der Waals surface area contributed by atoms with Gasteiger partial charge in [-0.05, 0) is 25.7 Å². The minimum atomic E-state index is -0.995. The van der Waals surface area contributed by atoms with Crippen LogP contribution in [0.15, 0.2) is 0 Å². The Kier molecular flexibility index (Phi) is 62.6. The molecule has 0 saturated heterocycles. The number of hydrogen-bond donors (Lipinski definition) is 0. The summed E-state index contributed by atoms with van der Waals surface area (Å²) in [5.41, 5.74) is 0. The summed E-state index contributed by atoms with van der Waals surface area (Å²) in [5.74, 6) is -3.57. The van der Waals surface area contributed by atoms with Crippen molar-refractivity contribution < 1.29 is 108 Å². The van der Waals surface area contributed by atoms with Crippen molar-refractivity contribution in [2.75, 3.05) is 0 Å². The second-order valence-corrected chi connectivity index (χ2v) is 11.0. The molecule has 12 heteroatoms. The van der Waals surface area contributed by atoms with Crippen molar-refractivity contribution in [3.8, 4) is 0 Å². The van der Waals surface area contributed by atoms with E-state index in [1.165, 1.54) is 104 Å². The van der Waals surface area contributed by atoms with Gasteiger partial charge in [0.1, 0.15) is 0 Å². The van der Waals surface area contributed by atoms with Crippen LogP contribution in [-0.2, 0) is 38.2 Å². The molecule has 0 heterocycles. The Morgan fingerprint density at radius 1 is 0.354 bits per heavy atom. The third-order valence-electron chi connectivity index (χ3n) is 6.58. The maximum Gasteiger partial charge on any atom is 1.00 e. The molecule has 0 aliphatic rings. The first kappa shape index (κ1) is 59.4. The minimum absolute atomic E-state index is 0. The fraction of sp³-hybridized carbons (Fsp3) is 0.833. The number of esters is 4. The van der Waals surface area contributed by atoms with Crippen molar-refractivity contribution >= 4 is 35.8 Å². The van der Waals surface area contributed by atoms with Crippen molar-refractivity contribution in [2.24, 2.45) is 0 Å². The van der Waals surface area contributed by atoms with E-state index in [-0.39, 0.29) is 96.7 Å². The average molecular weight is 705 g/mol. The Hall–Kier alpha value is -0.780. The van der Waals surface area contributed by atoms with E-state index in [4.69, 9.17) is 0 Å². The Bertz CT molecular complexity index is 699. The largest absolute Gasteiger partial charge is 1.00 e. The second kappa shape index (κ2) is 50.6. The molecule has 0 aliphatic carbocycles. The van der Waals surface area contributed by atoms with Gasteiger partial charge in [-0.25, -0.2) is 0 Å². The predicted molar refractivity (Wildman–Crippen MR) is 177 cm³/mol. The molecule has 272 valence electrons. The maximum absolute atomic E-state index is 11.2. The van der Waals surface area contributed by atoms with Gasteiger partial charge in [-0.3, -0.25) is 19.2 Å². The van der Waals surface area contributed by atoms with Crippen molar-refractivity contribution in [3.63, 3.8) is 0 Å². The first-order valence-corrected chi connectivity index (χ1v) is 17.8. The van der Waals surface area contributed by atoms with E-state index in [9.17, 15) is 39.0 Å². The fourth-order valence-electron chi connectivity index (χ4n) is 3.66. The molecule has 0 saturated carbocycles. The molecule has 0 aromatic heterocycles. The minimum Gasteiger partial charge on any atom is -0.550 e. The smallest absolute Gasteiger partial charge is 0.550 e. The second-order valence-electron chi connectivity index (χ2n) is 11.0. The van der Waals surface area contributed by atoms with Crippen molar-refractivity contribution in [1.82, 2.24) is 0 Å². The monoisotopic (exact) mass is 704 g/mol. The van der Waals surface area contributed by atoms with Gasteiger partial charge in [-0.15, -0.1) is 0 Å². The van der Waals surface area contributed by atoms with Crippen molar-refractivity contribution in [2.45, 2.75) is 196 Å². The number of carboxylic acid groups (broad SMARTS) is 2. The van der Waals surface area contributed by atoms with E-state index >= 15 is 0 Å². The molecule has 0 amide bonds. The third-order valence-corrected chi connectivity index (χ3v) is 6.58. The number of carbonyl (C=O) groups excluding carboxylic acids is 6. The van der Waals surface area contributed by atoms with Crippen LogP contribution in [0.25, 0.3) is 0 Å². The molecule has 0 radical (unpaired) electrons. The van der Waals surface area contributed by atoms with Crippen molar-refractivity contribution in [3.05, 3.63) is 0 Å². The Labute approximate surface area is 336 Å². The molecule has 0 rings (SSSR count). The Morgan fingerprint density at radius 3 is 0.750 bits per heavy atom. The van der Waals surface area contributed by atoms with E-state index < -0.39 is 23.9 Å². The number of carbonyl (C=O) groups is 6. The molecule has 10 nitrogen and oxygen atoms in total. The molecular formula is C36H66Na2O10. The average Bonchev–Trinajstić information content (AvgIpc) is 3.03. The van der Waals surface area contributed by atoms with Gasteiger partial charge in [-0.1, -0.05) is 144 Å². The van der Waals surface area contributed by atoms with Crippen LogP contribution in [0, 0.1) is 0 Å². The topological polar surface area (TPSA) is 167 Å². The van der Waals surface area contributed by atoms with E-state index in [1.54, 1.807) is 13.8 Å². The zero-order chi connectivity index (χ0) is 35.8. The fourth-order valence-corrected chi connectivity index (χ4v) is 3.66. The SMILES string of the molecule is CCC(=O)[O-].CCC(=O)[O-].CCCCCCCCCCCC(=O)OC(=O)CC.CCCCCCCCCCCC(=O)OC(=O)CC.[Na+].[Na+]. The Balaban J connectivity index is -0.000000139. The summed E-state index contributed by atoms with van der Waals surface area (Å²) in [6.45, 7) is 10.9. The number of rotatable bonds is 24. The van der Waals surface area contributed by atoms with Gasteiger partial charge in [0, 0.05) is 37.6 Å². The summed E-state index contributed by atoms with van der Waals surface area (Å²) in [6.07, 6.45) is 23.4. The molecule has 0 unspecified atom stereocenters. The molecule has 0 atom stereocenters. The Morgan fingerprint density at radius 2 is 0.562 bits per heavy atom. The van der Waals surface area contributed by atoms with Gasteiger partial charge in [0.25, 0.3) is 0 Å². The van der Waals surface area contributed by atoms with E-state index in [2.05, 4.69) is 23.3 Å². The molecule has 0 N–H and O–H groups in total. The van der Waals surface area contributed by atoms with Gasteiger partial charge in [0.05, 0.1) is 0 Å². The molecule has 0 aliphatic heterocycles. The van der Waals surface area contributed by atoms with Gasteiger partial charge in [-0.2, -0.15) is 0 Å². The van der Waals surface area contributed by atoms with Crippen LogP contribution in [-0.4, -0.2) is 35.8 Å². The molecule has 0 fully saturated rings. The van der Waals surface area contributed by atoms with Crippen LogP contribution < -0.4 is 69.3 Å². The number of carboxylic acids is 2. The summed E-state index contributed by atoms with van der Waals surface area (Å²) < 4.78 is 9.19. The van der Waals surface area contributed by atoms with Crippen LogP contribution in [0.3, 0.4) is 0 Å². The predicted octanol–water partition coefficient (Wildman–Crippen LogP) is 1.07. The summed E-state index contributed by atoms with van der Waals surface area (Å²) in [5, 5.41) is 18.5. The van der Waals surface area contributed by atoms with Crippen LogP contribution >= 0.6 is 0 Å². The number of ether oxygens (including phenoxy) is 2. The van der Waals surface area contributed by atoms with Gasteiger partial charge < -0.3 is 29.3 Å².